The second-order valence-electron chi connectivity index (χ2n) is 5.96. The summed E-state index contributed by atoms with van der Waals surface area (Å²) in [6.45, 7) is 2.08. The first-order chi connectivity index (χ1) is 10.1. The van der Waals surface area contributed by atoms with E-state index in [0.717, 1.165) is 18.6 Å². The van der Waals surface area contributed by atoms with Gasteiger partial charge >= 0.3 is 0 Å². The molecular weight excluding hydrogens is 266 g/mol. The summed E-state index contributed by atoms with van der Waals surface area (Å²) >= 11 is 0. The lowest BCUT2D eigenvalue weighted by molar-refractivity contribution is -0.128. The molecule has 1 aliphatic carbocycles. The van der Waals surface area contributed by atoms with E-state index in [0.29, 0.717) is 6.54 Å². The van der Waals surface area contributed by atoms with E-state index in [1.807, 2.05) is 12.1 Å². The number of ether oxygens (including phenoxy) is 1. The van der Waals surface area contributed by atoms with E-state index in [9.17, 15) is 9.90 Å². The van der Waals surface area contributed by atoms with Gasteiger partial charge in [0.1, 0.15) is 11.9 Å². The topological polar surface area (TPSA) is 58.6 Å². The van der Waals surface area contributed by atoms with Crippen LogP contribution in [0.5, 0.6) is 5.75 Å². The molecule has 0 spiro atoms. The highest BCUT2D eigenvalue weighted by Crippen LogP contribution is 2.39. The predicted octanol–water partition coefficient (Wildman–Crippen LogP) is 2.39. The molecule has 2 N–H and O–H groups in total. The van der Waals surface area contributed by atoms with Crippen LogP contribution in [-0.4, -0.2) is 30.8 Å². The molecule has 4 heteroatoms. The maximum absolute atomic E-state index is 11.7. The van der Waals surface area contributed by atoms with Crippen LogP contribution in [0, 0.1) is 0 Å². The van der Waals surface area contributed by atoms with Crippen molar-refractivity contribution in [2.75, 3.05) is 13.7 Å². The predicted molar refractivity (Wildman–Crippen MR) is 82.4 cm³/mol. The van der Waals surface area contributed by atoms with Crippen molar-refractivity contribution in [2.24, 2.45) is 0 Å². The SMILES string of the molecule is COc1ccc(C2(CNC(=O)C(C)O)CCCCC2)cc1. The van der Waals surface area contributed by atoms with Gasteiger partial charge in [-0.2, -0.15) is 0 Å². The van der Waals surface area contributed by atoms with Crippen molar-refractivity contribution in [3.05, 3.63) is 29.8 Å². The zero-order valence-corrected chi connectivity index (χ0v) is 12.9. The standard InChI is InChI=1S/C17H25NO3/c1-13(19)16(20)18-12-17(10-4-3-5-11-17)14-6-8-15(21-2)9-7-14/h6-9,13,19H,3-5,10-12H2,1-2H3,(H,18,20). The average Bonchev–Trinajstić information content (AvgIpc) is 2.53. The normalized spacial score (nSPS) is 18.8. The highest BCUT2D eigenvalue weighted by Gasteiger charge is 2.34. The summed E-state index contributed by atoms with van der Waals surface area (Å²) in [6, 6.07) is 8.14. The number of rotatable bonds is 5. The first-order valence-electron chi connectivity index (χ1n) is 7.68. The van der Waals surface area contributed by atoms with Crippen LogP contribution >= 0.6 is 0 Å². The molecule has 1 aromatic rings. The number of aliphatic hydroxyl groups excluding tert-OH is 1. The van der Waals surface area contributed by atoms with Crippen LogP contribution in [0.3, 0.4) is 0 Å². The van der Waals surface area contributed by atoms with Gasteiger partial charge in [-0.25, -0.2) is 0 Å². The summed E-state index contributed by atoms with van der Waals surface area (Å²) in [5, 5.41) is 12.2. The molecule has 1 unspecified atom stereocenters. The number of hydrogen-bond donors (Lipinski definition) is 2. The number of methoxy groups -OCH3 is 1. The van der Waals surface area contributed by atoms with E-state index in [1.165, 1.54) is 31.7 Å². The van der Waals surface area contributed by atoms with Crippen LogP contribution in [0.4, 0.5) is 0 Å². The Morgan fingerprint density at radius 2 is 1.90 bits per heavy atom. The third-order valence-electron chi connectivity index (χ3n) is 4.49. The minimum Gasteiger partial charge on any atom is -0.497 e. The third-order valence-corrected chi connectivity index (χ3v) is 4.49. The van der Waals surface area contributed by atoms with Crippen molar-refractivity contribution < 1.29 is 14.6 Å². The first kappa shape index (κ1) is 15.8. The number of hydrogen-bond acceptors (Lipinski definition) is 3. The molecule has 0 aromatic heterocycles. The molecule has 1 aromatic carbocycles. The van der Waals surface area contributed by atoms with Crippen molar-refractivity contribution in [3.8, 4) is 5.75 Å². The highest BCUT2D eigenvalue weighted by atomic mass is 16.5. The molecule has 1 amide bonds. The Kier molecular flexibility index (Phi) is 5.23. The Morgan fingerprint density at radius 3 is 2.43 bits per heavy atom. The maximum Gasteiger partial charge on any atom is 0.248 e. The fraction of sp³-hybridized carbons (Fsp3) is 0.588. The Morgan fingerprint density at radius 1 is 1.29 bits per heavy atom. The van der Waals surface area contributed by atoms with Crippen LogP contribution in [0.15, 0.2) is 24.3 Å². The summed E-state index contributed by atoms with van der Waals surface area (Å²) in [5.74, 6) is 0.547. The fourth-order valence-electron chi connectivity index (χ4n) is 3.14. The Hall–Kier alpha value is -1.55. The van der Waals surface area contributed by atoms with Gasteiger partial charge in [-0.1, -0.05) is 31.4 Å². The fourth-order valence-corrected chi connectivity index (χ4v) is 3.14. The van der Waals surface area contributed by atoms with E-state index >= 15 is 0 Å². The molecule has 0 radical (unpaired) electrons. The van der Waals surface area contributed by atoms with Crippen molar-refractivity contribution >= 4 is 5.91 Å². The van der Waals surface area contributed by atoms with E-state index < -0.39 is 6.10 Å². The molecular formula is C17H25NO3. The first-order valence-corrected chi connectivity index (χ1v) is 7.68. The van der Waals surface area contributed by atoms with Crippen LogP contribution in [0.2, 0.25) is 0 Å². The van der Waals surface area contributed by atoms with Gasteiger partial charge in [-0.05, 0) is 37.5 Å². The Balaban J connectivity index is 2.17. The van der Waals surface area contributed by atoms with Crippen LogP contribution in [0.1, 0.15) is 44.6 Å². The van der Waals surface area contributed by atoms with Crippen molar-refractivity contribution in [1.29, 1.82) is 0 Å². The molecule has 0 heterocycles. The quantitative estimate of drug-likeness (QED) is 0.876. The molecule has 0 saturated heterocycles. The van der Waals surface area contributed by atoms with Gasteiger partial charge in [0.25, 0.3) is 0 Å². The molecule has 1 saturated carbocycles. The van der Waals surface area contributed by atoms with Gasteiger partial charge in [0.2, 0.25) is 5.91 Å². The lowest BCUT2D eigenvalue weighted by atomic mass is 9.69. The van der Waals surface area contributed by atoms with Gasteiger partial charge < -0.3 is 15.2 Å². The molecule has 2 rings (SSSR count). The lowest BCUT2D eigenvalue weighted by Gasteiger charge is -2.38. The van der Waals surface area contributed by atoms with Gasteiger partial charge in [0.15, 0.2) is 0 Å². The summed E-state index contributed by atoms with van der Waals surface area (Å²) in [4.78, 5) is 11.7. The Bertz CT molecular complexity index is 461. The summed E-state index contributed by atoms with van der Waals surface area (Å²) < 4.78 is 5.22. The summed E-state index contributed by atoms with van der Waals surface area (Å²) in [5.41, 5.74) is 1.23. The molecule has 4 nitrogen and oxygen atoms in total. The second kappa shape index (κ2) is 6.94. The van der Waals surface area contributed by atoms with Crippen LogP contribution in [-0.2, 0) is 10.2 Å². The molecule has 21 heavy (non-hydrogen) atoms. The smallest absolute Gasteiger partial charge is 0.248 e. The molecule has 116 valence electrons. The highest BCUT2D eigenvalue weighted by molar-refractivity contribution is 5.80. The van der Waals surface area contributed by atoms with Crippen molar-refractivity contribution in [1.82, 2.24) is 5.32 Å². The average molecular weight is 291 g/mol. The van der Waals surface area contributed by atoms with Gasteiger partial charge in [-0.3, -0.25) is 4.79 Å². The zero-order valence-electron chi connectivity index (χ0n) is 12.9. The largest absolute Gasteiger partial charge is 0.497 e. The minimum absolute atomic E-state index is 0.0188. The van der Waals surface area contributed by atoms with Gasteiger partial charge in [0, 0.05) is 12.0 Å². The minimum atomic E-state index is -0.957. The number of aliphatic hydroxyl groups is 1. The number of amides is 1. The summed E-state index contributed by atoms with van der Waals surface area (Å²) in [7, 11) is 1.66. The van der Waals surface area contributed by atoms with Gasteiger partial charge in [-0.15, -0.1) is 0 Å². The van der Waals surface area contributed by atoms with E-state index in [1.54, 1.807) is 7.11 Å². The van der Waals surface area contributed by atoms with Crippen molar-refractivity contribution in [3.63, 3.8) is 0 Å². The number of carbonyl (C=O) groups excluding carboxylic acids is 1. The molecule has 1 atom stereocenters. The maximum atomic E-state index is 11.7. The third kappa shape index (κ3) is 3.76. The van der Waals surface area contributed by atoms with E-state index in [2.05, 4.69) is 17.4 Å². The van der Waals surface area contributed by atoms with Crippen molar-refractivity contribution in [2.45, 2.75) is 50.5 Å². The molecule has 0 aliphatic heterocycles. The second-order valence-corrected chi connectivity index (χ2v) is 5.96. The van der Waals surface area contributed by atoms with E-state index in [4.69, 9.17) is 4.74 Å². The molecule has 1 aliphatic rings. The molecule has 0 bridgehead atoms. The van der Waals surface area contributed by atoms with E-state index in [-0.39, 0.29) is 11.3 Å². The molecule has 1 fully saturated rings. The lowest BCUT2D eigenvalue weighted by Crippen LogP contribution is -2.44. The van der Waals surface area contributed by atoms with Gasteiger partial charge in [0.05, 0.1) is 7.11 Å². The van der Waals surface area contributed by atoms with Crippen LogP contribution in [0.25, 0.3) is 0 Å². The summed E-state index contributed by atoms with van der Waals surface area (Å²) in [6.07, 6.45) is 4.79. The monoisotopic (exact) mass is 291 g/mol. The zero-order chi connectivity index (χ0) is 15.3. The van der Waals surface area contributed by atoms with Crippen LogP contribution < -0.4 is 10.1 Å². The number of nitrogens with one attached hydrogen (secondary N) is 1. The number of carbonyl (C=O) groups is 1. The Labute approximate surface area is 126 Å². The number of benzene rings is 1.